The quantitative estimate of drug-likeness (QED) is 0.445. The second kappa shape index (κ2) is 9.69. The average molecular weight is 412 g/mol. The molecular weight excluding hydrogens is 384 g/mol. The second-order valence-electron chi connectivity index (χ2n) is 7.34. The van der Waals surface area contributed by atoms with Crippen LogP contribution in [-0.4, -0.2) is 67.5 Å². The van der Waals surface area contributed by atoms with E-state index in [1.807, 2.05) is 43.9 Å². The minimum absolute atomic E-state index is 0.142. The Morgan fingerprint density at radius 1 is 1.20 bits per heavy atom. The molecule has 1 aromatic heterocycles. The number of nitrogens with zero attached hydrogens (tertiary/aromatic N) is 3. The minimum Gasteiger partial charge on any atom is -0.465 e. The average Bonchev–Trinajstić information content (AvgIpc) is 3.01. The number of nitrogens with one attached hydrogen (secondary N) is 1. The van der Waals surface area contributed by atoms with Crippen molar-refractivity contribution < 1.29 is 19.1 Å². The number of benzene rings is 1. The van der Waals surface area contributed by atoms with Crippen molar-refractivity contribution in [1.82, 2.24) is 14.9 Å². The van der Waals surface area contributed by atoms with E-state index in [2.05, 4.69) is 15.1 Å². The number of aryl methyl sites for hydroxylation is 2. The number of rotatable bonds is 6. The van der Waals surface area contributed by atoms with Gasteiger partial charge >= 0.3 is 5.97 Å². The molecule has 8 heteroatoms. The van der Waals surface area contributed by atoms with Gasteiger partial charge in [0.15, 0.2) is 0 Å². The maximum Gasteiger partial charge on any atom is 0.337 e. The van der Waals surface area contributed by atoms with Crippen molar-refractivity contribution in [3.8, 4) is 5.69 Å². The fourth-order valence-electron chi connectivity index (χ4n) is 3.61. The van der Waals surface area contributed by atoms with Gasteiger partial charge in [-0.2, -0.15) is 5.10 Å². The van der Waals surface area contributed by atoms with E-state index >= 15 is 0 Å². The van der Waals surface area contributed by atoms with Gasteiger partial charge in [0.05, 0.1) is 38.6 Å². The van der Waals surface area contributed by atoms with Gasteiger partial charge in [0, 0.05) is 35.7 Å². The predicted octanol–water partition coefficient (Wildman–Crippen LogP) is 1.97. The maximum atomic E-state index is 12.1. The number of hydrogen-bond donors (Lipinski definition) is 1. The summed E-state index contributed by atoms with van der Waals surface area (Å²) < 4.78 is 12.2. The van der Waals surface area contributed by atoms with E-state index in [0.29, 0.717) is 25.3 Å². The SMILES string of the molecule is COC(=O)c1ccc(-n2c(C)cc(/C=N\NC(=O)CN3CCOCC3)c2C)c(C)c1. The number of hydrogen-bond acceptors (Lipinski definition) is 6. The molecule has 3 rings (SSSR count). The van der Waals surface area contributed by atoms with E-state index < -0.39 is 0 Å². The normalized spacial score (nSPS) is 14.8. The third kappa shape index (κ3) is 4.95. The molecule has 160 valence electrons. The molecule has 0 radical (unpaired) electrons. The topological polar surface area (TPSA) is 85.2 Å². The molecule has 30 heavy (non-hydrogen) atoms. The zero-order chi connectivity index (χ0) is 21.7. The fourth-order valence-corrected chi connectivity index (χ4v) is 3.61. The summed E-state index contributed by atoms with van der Waals surface area (Å²) in [5.41, 5.74) is 7.99. The van der Waals surface area contributed by atoms with E-state index in [1.54, 1.807) is 12.3 Å². The van der Waals surface area contributed by atoms with Crippen molar-refractivity contribution in [3.05, 3.63) is 52.3 Å². The molecule has 1 aromatic carbocycles. The largest absolute Gasteiger partial charge is 0.465 e. The number of carbonyl (C=O) groups is 2. The summed E-state index contributed by atoms with van der Waals surface area (Å²) in [4.78, 5) is 25.9. The van der Waals surface area contributed by atoms with Crippen LogP contribution in [0.25, 0.3) is 5.69 Å². The van der Waals surface area contributed by atoms with Crippen molar-refractivity contribution in [1.29, 1.82) is 0 Å². The molecule has 1 N–H and O–H groups in total. The molecule has 0 aliphatic carbocycles. The molecule has 8 nitrogen and oxygen atoms in total. The molecule has 1 aliphatic rings. The van der Waals surface area contributed by atoms with E-state index in [4.69, 9.17) is 9.47 Å². The Bertz CT molecular complexity index is 958. The number of esters is 1. The van der Waals surface area contributed by atoms with Gasteiger partial charge in [-0.3, -0.25) is 9.69 Å². The molecule has 1 saturated heterocycles. The smallest absolute Gasteiger partial charge is 0.337 e. The summed E-state index contributed by atoms with van der Waals surface area (Å²) in [6.45, 7) is 9.10. The first-order chi connectivity index (χ1) is 14.4. The Morgan fingerprint density at radius 2 is 1.93 bits per heavy atom. The molecule has 1 amide bonds. The molecule has 2 heterocycles. The second-order valence-corrected chi connectivity index (χ2v) is 7.34. The van der Waals surface area contributed by atoms with Crippen LogP contribution in [0.2, 0.25) is 0 Å². The zero-order valence-electron chi connectivity index (χ0n) is 17.9. The Hall–Kier alpha value is -2.97. The van der Waals surface area contributed by atoms with Gasteiger partial charge in [-0.25, -0.2) is 10.2 Å². The van der Waals surface area contributed by atoms with E-state index in [0.717, 1.165) is 41.3 Å². The molecule has 2 aromatic rings. The van der Waals surface area contributed by atoms with E-state index in [9.17, 15) is 9.59 Å². The zero-order valence-corrected chi connectivity index (χ0v) is 17.9. The van der Waals surface area contributed by atoms with Crippen LogP contribution in [-0.2, 0) is 14.3 Å². The summed E-state index contributed by atoms with van der Waals surface area (Å²) in [5.74, 6) is -0.498. The lowest BCUT2D eigenvalue weighted by Gasteiger charge is -2.25. The number of amides is 1. The van der Waals surface area contributed by atoms with Gasteiger partial charge in [-0.15, -0.1) is 0 Å². The monoisotopic (exact) mass is 412 g/mol. The highest BCUT2D eigenvalue weighted by Gasteiger charge is 2.15. The molecular formula is C22H28N4O4. The highest BCUT2D eigenvalue weighted by Crippen LogP contribution is 2.23. The number of methoxy groups -OCH3 is 1. The lowest BCUT2D eigenvalue weighted by molar-refractivity contribution is -0.123. The summed E-state index contributed by atoms with van der Waals surface area (Å²) in [6, 6.07) is 7.50. The van der Waals surface area contributed by atoms with Gasteiger partial charge in [0.2, 0.25) is 0 Å². The number of ether oxygens (including phenoxy) is 2. The summed E-state index contributed by atoms with van der Waals surface area (Å²) in [7, 11) is 1.37. The molecule has 0 saturated carbocycles. The summed E-state index contributed by atoms with van der Waals surface area (Å²) in [5, 5.41) is 4.13. The first-order valence-corrected chi connectivity index (χ1v) is 9.91. The first kappa shape index (κ1) is 21.7. The van der Waals surface area contributed by atoms with Crippen LogP contribution in [0.15, 0.2) is 29.4 Å². The van der Waals surface area contributed by atoms with Crippen LogP contribution < -0.4 is 5.43 Å². The van der Waals surface area contributed by atoms with Crippen molar-refractivity contribution >= 4 is 18.1 Å². The van der Waals surface area contributed by atoms with Crippen LogP contribution in [0.4, 0.5) is 0 Å². The van der Waals surface area contributed by atoms with Gasteiger partial charge < -0.3 is 14.0 Å². The number of carbonyl (C=O) groups excluding carboxylic acids is 2. The fraction of sp³-hybridized carbons (Fsp3) is 0.409. The van der Waals surface area contributed by atoms with Crippen molar-refractivity contribution in [3.63, 3.8) is 0 Å². The number of hydrazone groups is 1. The Morgan fingerprint density at radius 3 is 2.60 bits per heavy atom. The van der Waals surface area contributed by atoms with E-state index in [1.165, 1.54) is 7.11 Å². The molecule has 1 aliphatic heterocycles. The van der Waals surface area contributed by atoms with Crippen molar-refractivity contribution in [2.45, 2.75) is 20.8 Å². The minimum atomic E-state index is -0.355. The first-order valence-electron chi connectivity index (χ1n) is 9.91. The van der Waals surface area contributed by atoms with Crippen molar-refractivity contribution in [2.75, 3.05) is 40.0 Å². The van der Waals surface area contributed by atoms with Gasteiger partial charge in [-0.05, 0) is 50.6 Å². The summed E-state index contributed by atoms with van der Waals surface area (Å²) in [6.07, 6.45) is 1.66. The molecule has 0 atom stereocenters. The standard InChI is InChI=1S/C22H28N4O4/c1-15-11-18(22(28)29-4)5-6-20(15)26-16(2)12-19(17(26)3)13-23-24-21(27)14-25-7-9-30-10-8-25/h5-6,11-13H,7-10,14H2,1-4H3,(H,24,27)/b23-13-. The summed E-state index contributed by atoms with van der Waals surface area (Å²) >= 11 is 0. The third-order valence-corrected chi connectivity index (χ3v) is 5.19. The Kier molecular flexibility index (Phi) is 7.02. The molecule has 0 bridgehead atoms. The highest BCUT2D eigenvalue weighted by atomic mass is 16.5. The van der Waals surface area contributed by atoms with E-state index in [-0.39, 0.29) is 11.9 Å². The predicted molar refractivity (Wildman–Crippen MR) is 114 cm³/mol. The van der Waals surface area contributed by atoms with Gasteiger partial charge in [-0.1, -0.05) is 0 Å². The van der Waals surface area contributed by atoms with Gasteiger partial charge in [0.25, 0.3) is 5.91 Å². The highest BCUT2D eigenvalue weighted by molar-refractivity contribution is 5.90. The van der Waals surface area contributed by atoms with Crippen molar-refractivity contribution in [2.24, 2.45) is 5.10 Å². The molecule has 0 unspecified atom stereocenters. The molecule has 1 fully saturated rings. The third-order valence-electron chi connectivity index (χ3n) is 5.19. The lowest BCUT2D eigenvalue weighted by atomic mass is 10.1. The molecule has 0 spiro atoms. The van der Waals surface area contributed by atoms with Crippen LogP contribution in [0, 0.1) is 20.8 Å². The van der Waals surface area contributed by atoms with Crippen LogP contribution in [0.1, 0.15) is 32.9 Å². The number of aromatic nitrogens is 1. The van der Waals surface area contributed by atoms with Gasteiger partial charge in [0.1, 0.15) is 0 Å². The number of morpholine rings is 1. The van der Waals surface area contributed by atoms with Crippen LogP contribution in [0.5, 0.6) is 0 Å². The maximum absolute atomic E-state index is 12.1. The Labute approximate surface area is 176 Å². The van der Waals surface area contributed by atoms with Crippen LogP contribution in [0.3, 0.4) is 0 Å². The van der Waals surface area contributed by atoms with Crippen LogP contribution >= 0.6 is 0 Å². The Balaban J connectivity index is 1.71. The lowest BCUT2D eigenvalue weighted by Crippen LogP contribution is -2.42.